The Morgan fingerprint density at radius 3 is 1.83 bits per heavy atom. The minimum atomic E-state index is -1.04. The van der Waals surface area contributed by atoms with E-state index in [-0.39, 0.29) is 5.97 Å². The number of hydrogen-bond acceptors (Lipinski definition) is 3. The Morgan fingerprint density at radius 1 is 0.833 bits per heavy atom. The molecule has 2 N–H and O–H groups in total. The van der Waals surface area contributed by atoms with E-state index in [2.05, 4.69) is 6.92 Å². The van der Waals surface area contributed by atoms with E-state index in [1.165, 1.54) is 51.4 Å². The van der Waals surface area contributed by atoms with Crippen LogP contribution in [0.15, 0.2) is 0 Å². The Morgan fingerprint density at radius 2 is 1.33 bits per heavy atom. The van der Waals surface area contributed by atoms with Crippen molar-refractivity contribution in [3.05, 3.63) is 0 Å². The number of nitrogens with two attached hydrogens (primary N) is 1. The number of carbonyl (C=O) groups is 2. The summed E-state index contributed by atoms with van der Waals surface area (Å²) < 4.78 is 5.38. The molecule has 0 aliphatic heterocycles. The van der Waals surface area contributed by atoms with Crippen molar-refractivity contribution >= 4 is 11.9 Å². The zero-order valence-electron chi connectivity index (χ0n) is 15.6. The third-order valence-corrected chi connectivity index (χ3v) is 5.30. The SMILES string of the molecule is CCCCCCCCCCCCOC(=O)C1(C(N)=O)CCCCC1. The first-order valence-electron chi connectivity index (χ1n) is 10.1. The zero-order valence-corrected chi connectivity index (χ0v) is 15.6. The first kappa shape index (κ1) is 21.0. The molecule has 0 atom stereocenters. The molecule has 0 spiro atoms. The quantitative estimate of drug-likeness (QED) is 0.295. The van der Waals surface area contributed by atoms with Crippen LogP contribution < -0.4 is 5.73 Å². The smallest absolute Gasteiger partial charge is 0.321 e. The van der Waals surface area contributed by atoms with Gasteiger partial charge in [-0.15, -0.1) is 0 Å². The second-order valence-electron chi connectivity index (χ2n) is 7.32. The maximum Gasteiger partial charge on any atom is 0.321 e. The largest absolute Gasteiger partial charge is 0.465 e. The molecule has 1 saturated carbocycles. The van der Waals surface area contributed by atoms with E-state index in [0.717, 1.165) is 32.1 Å². The standard InChI is InChI=1S/C20H37NO3/c1-2-3-4-5-6-7-8-9-10-14-17-24-19(23)20(18(21)22)15-12-11-13-16-20/h2-17H2,1H3,(H2,21,22). The van der Waals surface area contributed by atoms with Crippen LogP contribution in [0.1, 0.15) is 103 Å². The van der Waals surface area contributed by atoms with Crippen LogP contribution in [0, 0.1) is 5.41 Å². The summed E-state index contributed by atoms with van der Waals surface area (Å²) in [5, 5.41) is 0. The highest BCUT2D eigenvalue weighted by molar-refractivity contribution is 6.02. The van der Waals surface area contributed by atoms with Gasteiger partial charge < -0.3 is 10.5 Å². The van der Waals surface area contributed by atoms with Gasteiger partial charge in [0.1, 0.15) is 5.41 Å². The van der Waals surface area contributed by atoms with Gasteiger partial charge in [-0.05, 0) is 19.3 Å². The fourth-order valence-electron chi connectivity index (χ4n) is 3.60. The van der Waals surface area contributed by atoms with Crippen LogP contribution in [-0.2, 0) is 14.3 Å². The van der Waals surface area contributed by atoms with E-state index in [4.69, 9.17) is 10.5 Å². The third kappa shape index (κ3) is 7.23. The zero-order chi connectivity index (χ0) is 17.7. The van der Waals surface area contributed by atoms with Crippen LogP contribution in [0.4, 0.5) is 0 Å². The maximum atomic E-state index is 12.3. The predicted molar refractivity (Wildman–Crippen MR) is 97.5 cm³/mol. The first-order valence-corrected chi connectivity index (χ1v) is 10.1. The highest BCUT2D eigenvalue weighted by Crippen LogP contribution is 2.37. The molecule has 0 radical (unpaired) electrons. The molecular weight excluding hydrogens is 302 g/mol. The van der Waals surface area contributed by atoms with Gasteiger partial charge in [0.05, 0.1) is 6.61 Å². The van der Waals surface area contributed by atoms with Gasteiger partial charge in [0, 0.05) is 0 Å². The monoisotopic (exact) mass is 339 g/mol. The van der Waals surface area contributed by atoms with Crippen molar-refractivity contribution in [2.75, 3.05) is 6.61 Å². The number of amides is 1. The van der Waals surface area contributed by atoms with Crippen molar-refractivity contribution < 1.29 is 14.3 Å². The summed E-state index contributed by atoms with van der Waals surface area (Å²) in [5.41, 5.74) is 4.45. The molecule has 0 saturated heterocycles. The Kier molecular flexibility index (Phi) is 10.8. The highest BCUT2D eigenvalue weighted by Gasteiger charge is 2.46. The lowest BCUT2D eigenvalue weighted by atomic mass is 9.73. The molecule has 1 fully saturated rings. The van der Waals surface area contributed by atoms with E-state index in [9.17, 15) is 9.59 Å². The van der Waals surface area contributed by atoms with Gasteiger partial charge in [-0.25, -0.2) is 0 Å². The minimum absolute atomic E-state index is 0.384. The maximum absolute atomic E-state index is 12.3. The summed E-state index contributed by atoms with van der Waals surface area (Å²) in [6.07, 6.45) is 16.4. The average Bonchev–Trinajstić information content (AvgIpc) is 2.60. The highest BCUT2D eigenvalue weighted by atomic mass is 16.5. The van der Waals surface area contributed by atoms with Crippen molar-refractivity contribution in [2.24, 2.45) is 11.1 Å². The van der Waals surface area contributed by atoms with E-state index in [1.54, 1.807) is 0 Å². The summed E-state index contributed by atoms with van der Waals surface area (Å²) in [6, 6.07) is 0. The van der Waals surface area contributed by atoms with Crippen LogP contribution in [0.2, 0.25) is 0 Å². The lowest BCUT2D eigenvalue weighted by Crippen LogP contribution is -2.46. The fourth-order valence-corrected chi connectivity index (χ4v) is 3.60. The molecule has 1 amide bonds. The molecule has 24 heavy (non-hydrogen) atoms. The van der Waals surface area contributed by atoms with Crippen molar-refractivity contribution in [1.29, 1.82) is 0 Å². The molecular formula is C20H37NO3. The van der Waals surface area contributed by atoms with E-state index in [1.807, 2.05) is 0 Å². The van der Waals surface area contributed by atoms with Crippen LogP contribution in [0.5, 0.6) is 0 Å². The summed E-state index contributed by atoms with van der Waals surface area (Å²) in [7, 11) is 0. The molecule has 4 nitrogen and oxygen atoms in total. The lowest BCUT2D eigenvalue weighted by molar-refractivity contribution is -0.162. The molecule has 0 heterocycles. The average molecular weight is 340 g/mol. The van der Waals surface area contributed by atoms with Gasteiger partial charge in [-0.2, -0.15) is 0 Å². The second-order valence-corrected chi connectivity index (χ2v) is 7.32. The molecule has 0 bridgehead atoms. The molecule has 140 valence electrons. The third-order valence-electron chi connectivity index (χ3n) is 5.30. The molecule has 1 aliphatic rings. The van der Waals surface area contributed by atoms with Crippen molar-refractivity contribution in [3.63, 3.8) is 0 Å². The Labute approximate surface area is 147 Å². The van der Waals surface area contributed by atoms with Gasteiger partial charge in [-0.3, -0.25) is 9.59 Å². The number of hydrogen-bond donors (Lipinski definition) is 1. The topological polar surface area (TPSA) is 69.4 Å². The molecule has 0 aromatic heterocycles. The van der Waals surface area contributed by atoms with Crippen molar-refractivity contribution in [2.45, 2.75) is 103 Å². The van der Waals surface area contributed by atoms with E-state index < -0.39 is 11.3 Å². The second kappa shape index (κ2) is 12.3. The Balaban J connectivity index is 2.05. The van der Waals surface area contributed by atoms with E-state index >= 15 is 0 Å². The van der Waals surface area contributed by atoms with E-state index in [0.29, 0.717) is 19.4 Å². The molecule has 0 aromatic carbocycles. The predicted octanol–water partition coefficient (Wildman–Crippen LogP) is 4.89. The summed E-state index contributed by atoms with van der Waals surface area (Å²) >= 11 is 0. The normalized spacial score (nSPS) is 16.7. The van der Waals surface area contributed by atoms with Gasteiger partial charge in [0.25, 0.3) is 0 Å². The lowest BCUT2D eigenvalue weighted by Gasteiger charge is -2.31. The summed E-state index contributed by atoms with van der Waals surface area (Å²) in [6.45, 7) is 2.66. The number of unbranched alkanes of at least 4 members (excludes halogenated alkanes) is 9. The number of ether oxygens (including phenoxy) is 1. The number of esters is 1. The van der Waals surface area contributed by atoms with Crippen LogP contribution >= 0.6 is 0 Å². The van der Waals surface area contributed by atoms with Crippen molar-refractivity contribution in [1.82, 2.24) is 0 Å². The summed E-state index contributed by atoms with van der Waals surface area (Å²) in [5.74, 6) is -0.888. The molecule has 1 rings (SSSR count). The van der Waals surface area contributed by atoms with Gasteiger partial charge in [0.2, 0.25) is 5.91 Å². The van der Waals surface area contributed by atoms with Crippen molar-refractivity contribution in [3.8, 4) is 0 Å². The van der Waals surface area contributed by atoms with Gasteiger partial charge in [-0.1, -0.05) is 84.0 Å². The Hall–Kier alpha value is -1.06. The van der Waals surface area contributed by atoms with Gasteiger partial charge in [0.15, 0.2) is 0 Å². The molecule has 1 aliphatic carbocycles. The van der Waals surface area contributed by atoms with Crippen LogP contribution in [-0.4, -0.2) is 18.5 Å². The number of rotatable bonds is 13. The van der Waals surface area contributed by atoms with Crippen LogP contribution in [0.3, 0.4) is 0 Å². The molecule has 0 aromatic rings. The van der Waals surface area contributed by atoms with Gasteiger partial charge >= 0.3 is 5.97 Å². The fraction of sp³-hybridized carbons (Fsp3) is 0.900. The number of primary amides is 1. The Bertz CT molecular complexity index is 362. The number of carbonyl (C=O) groups excluding carboxylic acids is 2. The van der Waals surface area contributed by atoms with Crippen LogP contribution in [0.25, 0.3) is 0 Å². The molecule has 0 unspecified atom stereocenters. The molecule has 4 heteroatoms. The summed E-state index contributed by atoms with van der Waals surface area (Å²) in [4.78, 5) is 24.0. The minimum Gasteiger partial charge on any atom is -0.465 e. The first-order chi connectivity index (χ1) is 11.6.